The molecular formula is C21H26N2O3S2. The van der Waals surface area contributed by atoms with Gasteiger partial charge < -0.3 is 4.90 Å². The van der Waals surface area contributed by atoms with Gasteiger partial charge in [0, 0.05) is 31.6 Å². The van der Waals surface area contributed by atoms with Crippen LogP contribution in [0.15, 0.2) is 39.9 Å². The fraction of sp³-hybridized carbons (Fsp3) is 0.476. The monoisotopic (exact) mass is 418 g/mol. The SMILES string of the molecule is CCCN(CC1CC1)S(=O)(=O)c1ccc2c(c1)CCN(C(=O)c1ccsc1)C2. The van der Waals surface area contributed by atoms with Crippen LogP contribution in [-0.4, -0.2) is 43.2 Å². The fourth-order valence-electron chi connectivity index (χ4n) is 3.73. The zero-order valence-corrected chi connectivity index (χ0v) is 17.8. The number of sulfonamides is 1. The molecule has 0 N–H and O–H groups in total. The second-order valence-corrected chi connectivity index (χ2v) is 10.4. The lowest BCUT2D eigenvalue weighted by molar-refractivity contribution is 0.0735. The zero-order valence-electron chi connectivity index (χ0n) is 16.1. The minimum absolute atomic E-state index is 0.0437. The van der Waals surface area contributed by atoms with Crippen LogP contribution in [0.2, 0.25) is 0 Å². The van der Waals surface area contributed by atoms with Gasteiger partial charge in [-0.3, -0.25) is 4.79 Å². The third kappa shape index (κ3) is 4.02. The average Bonchev–Trinajstić information content (AvgIpc) is 3.35. The van der Waals surface area contributed by atoms with E-state index in [4.69, 9.17) is 0 Å². The molecule has 0 saturated heterocycles. The molecule has 2 aliphatic rings. The second kappa shape index (κ2) is 7.97. The van der Waals surface area contributed by atoms with E-state index in [0.29, 0.717) is 43.4 Å². The van der Waals surface area contributed by atoms with E-state index >= 15 is 0 Å². The molecule has 1 aromatic heterocycles. The van der Waals surface area contributed by atoms with E-state index < -0.39 is 10.0 Å². The fourth-order valence-corrected chi connectivity index (χ4v) is 6.02. The van der Waals surface area contributed by atoms with Gasteiger partial charge in [-0.1, -0.05) is 13.0 Å². The first-order valence-corrected chi connectivity index (χ1v) is 12.3. The number of hydrogen-bond acceptors (Lipinski definition) is 4. The number of thiophene rings is 1. The highest BCUT2D eigenvalue weighted by atomic mass is 32.2. The summed E-state index contributed by atoms with van der Waals surface area (Å²) in [5.74, 6) is 0.567. The number of hydrogen-bond donors (Lipinski definition) is 0. The first-order valence-electron chi connectivity index (χ1n) is 9.92. The number of benzene rings is 1. The molecule has 5 nitrogen and oxygen atoms in total. The Balaban J connectivity index is 1.53. The molecule has 1 aliphatic heterocycles. The Kier molecular flexibility index (Phi) is 5.58. The van der Waals surface area contributed by atoms with Gasteiger partial charge in [-0.05, 0) is 66.3 Å². The van der Waals surface area contributed by atoms with E-state index in [-0.39, 0.29) is 5.91 Å². The topological polar surface area (TPSA) is 57.7 Å². The molecule has 150 valence electrons. The summed E-state index contributed by atoms with van der Waals surface area (Å²) in [4.78, 5) is 14.8. The molecule has 28 heavy (non-hydrogen) atoms. The highest BCUT2D eigenvalue weighted by molar-refractivity contribution is 7.89. The summed E-state index contributed by atoms with van der Waals surface area (Å²) in [6.07, 6.45) is 3.77. The first kappa shape index (κ1) is 19.6. The van der Waals surface area contributed by atoms with Crippen molar-refractivity contribution in [2.45, 2.75) is 44.0 Å². The van der Waals surface area contributed by atoms with Crippen molar-refractivity contribution in [3.8, 4) is 0 Å². The van der Waals surface area contributed by atoms with Crippen molar-refractivity contribution >= 4 is 27.3 Å². The molecule has 4 rings (SSSR count). The lowest BCUT2D eigenvalue weighted by Gasteiger charge is -2.29. The molecule has 0 spiro atoms. The summed E-state index contributed by atoms with van der Waals surface area (Å²) in [7, 11) is -3.46. The lowest BCUT2D eigenvalue weighted by atomic mass is 9.99. The van der Waals surface area contributed by atoms with E-state index in [1.807, 2.05) is 40.8 Å². The van der Waals surface area contributed by atoms with Gasteiger partial charge in [0.05, 0.1) is 10.5 Å². The number of fused-ring (bicyclic) bond motifs is 1. The number of carbonyl (C=O) groups excluding carboxylic acids is 1. The molecule has 7 heteroatoms. The number of nitrogens with zero attached hydrogens (tertiary/aromatic N) is 2. The minimum atomic E-state index is -3.46. The quantitative estimate of drug-likeness (QED) is 0.688. The Bertz CT molecular complexity index is 950. The summed E-state index contributed by atoms with van der Waals surface area (Å²) in [6.45, 7) is 4.37. The molecule has 1 fully saturated rings. The molecule has 0 radical (unpaired) electrons. The lowest BCUT2D eigenvalue weighted by Crippen LogP contribution is -2.36. The average molecular weight is 419 g/mol. The van der Waals surface area contributed by atoms with Crippen molar-refractivity contribution in [2.75, 3.05) is 19.6 Å². The highest BCUT2D eigenvalue weighted by Gasteiger charge is 2.32. The van der Waals surface area contributed by atoms with Gasteiger partial charge >= 0.3 is 0 Å². The third-order valence-corrected chi connectivity index (χ3v) is 8.06. The van der Waals surface area contributed by atoms with Gasteiger partial charge in [0.1, 0.15) is 0 Å². The van der Waals surface area contributed by atoms with Crippen LogP contribution in [0.4, 0.5) is 0 Å². The van der Waals surface area contributed by atoms with Crippen LogP contribution >= 0.6 is 11.3 Å². The highest BCUT2D eigenvalue weighted by Crippen LogP contribution is 2.32. The molecule has 1 amide bonds. The summed E-state index contributed by atoms with van der Waals surface area (Å²) < 4.78 is 28.0. The predicted molar refractivity (Wildman–Crippen MR) is 111 cm³/mol. The maximum absolute atomic E-state index is 13.2. The molecular weight excluding hydrogens is 392 g/mol. The molecule has 0 unspecified atom stereocenters. The van der Waals surface area contributed by atoms with Crippen molar-refractivity contribution in [1.82, 2.24) is 9.21 Å². The number of amides is 1. The van der Waals surface area contributed by atoms with Crippen molar-refractivity contribution in [3.63, 3.8) is 0 Å². The third-order valence-electron chi connectivity index (χ3n) is 5.51. The van der Waals surface area contributed by atoms with Gasteiger partial charge in [0.25, 0.3) is 5.91 Å². The van der Waals surface area contributed by atoms with Crippen molar-refractivity contribution in [2.24, 2.45) is 5.92 Å². The molecule has 1 saturated carbocycles. The Labute approximate surface area is 171 Å². The zero-order chi connectivity index (χ0) is 19.7. The summed E-state index contributed by atoms with van der Waals surface area (Å²) >= 11 is 1.52. The Morgan fingerprint density at radius 1 is 1.25 bits per heavy atom. The van der Waals surface area contributed by atoms with Crippen LogP contribution in [0.3, 0.4) is 0 Å². The molecule has 0 bridgehead atoms. The molecule has 0 atom stereocenters. The van der Waals surface area contributed by atoms with Gasteiger partial charge in [-0.2, -0.15) is 15.6 Å². The Morgan fingerprint density at radius 2 is 2.07 bits per heavy atom. The molecule has 2 aromatic rings. The van der Waals surface area contributed by atoms with Crippen molar-refractivity contribution < 1.29 is 13.2 Å². The number of rotatable bonds is 7. The summed E-state index contributed by atoms with van der Waals surface area (Å²) in [5, 5.41) is 3.78. The van der Waals surface area contributed by atoms with Gasteiger partial charge in [0.2, 0.25) is 10.0 Å². The summed E-state index contributed by atoms with van der Waals surface area (Å²) in [6, 6.07) is 7.27. The minimum Gasteiger partial charge on any atom is -0.334 e. The van der Waals surface area contributed by atoms with Gasteiger partial charge in [-0.15, -0.1) is 0 Å². The van der Waals surface area contributed by atoms with Gasteiger partial charge in [-0.25, -0.2) is 8.42 Å². The molecule has 1 aromatic carbocycles. The van der Waals surface area contributed by atoms with Gasteiger partial charge in [0.15, 0.2) is 0 Å². The first-order chi connectivity index (χ1) is 13.5. The Hall–Kier alpha value is -1.70. The van der Waals surface area contributed by atoms with Crippen LogP contribution < -0.4 is 0 Å². The number of carbonyl (C=O) groups is 1. The maximum Gasteiger partial charge on any atom is 0.255 e. The summed E-state index contributed by atoms with van der Waals surface area (Å²) in [5.41, 5.74) is 2.80. The smallest absolute Gasteiger partial charge is 0.255 e. The standard InChI is InChI=1S/C21H26N2O3S2/c1-2-9-23(13-16-3-4-16)28(25,26)20-6-5-18-14-22(10-7-17(18)12-20)21(24)19-8-11-27-15-19/h5-6,8,11-12,15-16H,2-4,7,9-10,13-14H2,1H3. The van der Waals surface area contributed by atoms with Crippen LogP contribution in [0.25, 0.3) is 0 Å². The second-order valence-electron chi connectivity index (χ2n) is 7.73. The van der Waals surface area contributed by atoms with E-state index in [1.165, 1.54) is 11.3 Å². The Morgan fingerprint density at radius 3 is 2.75 bits per heavy atom. The predicted octanol–water partition coefficient (Wildman–Crippen LogP) is 3.76. The van der Waals surface area contributed by atoms with Crippen molar-refractivity contribution in [3.05, 3.63) is 51.7 Å². The van der Waals surface area contributed by atoms with Crippen LogP contribution in [-0.2, 0) is 23.0 Å². The van der Waals surface area contributed by atoms with Crippen LogP contribution in [0.1, 0.15) is 47.7 Å². The van der Waals surface area contributed by atoms with E-state index in [2.05, 4.69) is 0 Å². The largest absolute Gasteiger partial charge is 0.334 e. The van der Waals surface area contributed by atoms with Crippen LogP contribution in [0, 0.1) is 5.92 Å². The van der Waals surface area contributed by atoms with E-state index in [0.717, 1.165) is 36.0 Å². The van der Waals surface area contributed by atoms with E-state index in [1.54, 1.807) is 10.4 Å². The molecule has 2 heterocycles. The van der Waals surface area contributed by atoms with Crippen LogP contribution in [0.5, 0.6) is 0 Å². The maximum atomic E-state index is 13.2. The molecule has 1 aliphatic carbocycles. The van der Waals surface area contributed by atoms with E-state index in [9.17, 15) is 13.2 Å². The van der Waals surface area contributed by atoms with Crippen molar-refractivity contribution in [1.29, 1.82) is 0 Å². The normalized spacial score (nSPS) is 17.0.